The molecular formula is C19H20ClNO5. The van der Waals surface area contributed by atoms with Crippen molar-refractivity contribution in [2.45, 2.75) is 31.9 Å². The molecule has 2 atom stereocenters. The van der Waals surface area contributed by atoms with Gasteiger partial charge >= 0.3 is 5.97 Å². The molecule has 0 aliphatic heterocycles. The van der Waals surface area contributed by atoms with Gasteiger partial charge in [-0.2, -0.15) is 0 Å². The van der Waals surface area contributed by atoms with Gasteiger partial charge in [0.15, 0.2) is 0 Å². The molecule has 0 spiro atoms. The van der Waals surface area contributed by atoms with Gasteiger partial charge in [-0.15, -0.1) is 0 Å². The van der Waals surface area contributed by atoms with Gasteiger partial charge in [-0.05, 0) is 55.2 Å². The molecular weight excluding hydrogens is 358 g/mol. The Morgan fingerprint density at radius 2 is 1.92 bits per heavy atom. The van der Waals surface area contributed by atoms with Gasteiger partial charge in [-0.1, -0.05) is 29.8 Å². The lowest BCUT2D eigenvalue weighted by molar-refractivity contribution is -0.138. The van der Waals surface area contributed by atoms with E-state index >= 15 is 0 Å². The predicted octanol–water partition coefficient (Wildman–Crippen LogP) is 2.91. The number of amides is 1. The van der Waals surface area contributed by atoms with Crippen LogP contribution in [0, 0.1) is 0 Å². The number of carboxylic acids is 1. The van der Waals surface area contributed by atoms with Gasteiger partial charge < -0.3 is 20.6 Å². The zero-order valence-electron chi connectivity index (χ0n) is 14.1. The number of nitrogens with one attached hydrogen (secondary N) is 1. The van der Waals surface area contributed by atoms with Crippen molar-refractivity contribution in [2.24, 2.45) is 0 Å². The topological polar surface area (TPSA) is 107 Å². The molecule has 0 bridgehead atoms. The molecule has 7 heteroatoms. The van der Waals surface area contributed by atoms with Gasteiger partial charge in [0.25, 0.3) is 5.91 Å². The van der Waals surface area contributed by atoms with Gasteiger partial charge in [-0.25, -0.2) is 0 Å². The first-order valence-electron chi connectivity index (χ1n) is 8.07. The summed E-state index contributed by atoms with van der Waals surface area (Å²) in [6, 6.07) is 10.3. The molecule has 0 aliphatic rings. The fourth-order valence-corrected chi connectivity index (χ4v) is 2.72. The van der Waals surface area contributed by atoms with Gasteiger partial charge in [0.05, 0.1) is 16.7 Å². The molecule has 0 radical (unpaired) electrons. The second kappa shape index (κ2) is 8.69. The first-order chi connectivity index (χ1) is 12.3. The number of aromatic hydroxyl groups is 1. The Kier molecular flexibility index (Phi) is 6.60. The summed E-state index contributed by atoms with van der Waals surface area (Å²) in [6.07, 6.45) is 0.192. The minimum absolute atomic E-state index is 0.133. The molecule has 2 rings (SSSR count). The van der Waals surface area contributed by atoms with Crippen molar-refractivity contribution in [2.75, 3.05) is 0 Å². The summed E-state index contributed by atoms with van der Waals surface area (Å²) in [5.74, 6) is -1.56. The number of aliphatic carboxylic acids is 1. The maximum atomic E-state index is 12.1. The van der Waals surface area contributed by atoms with E-state index in [0.29, 0.717) is 18.4 Å². The molecule has 1 unspecified atom stereocenters. The lowest BCUT2D eigenvalue weighted by atomic mass is 10.00. The third kappa shape index (κ3) is 5.21. The second-order valence-electron chi connectivity index (χ2n) is 6.00. The summed E-state index contributed by atoms with van der Waals surface area (Å²) >= 11 is 6.12. The zero-order valence-corrected chi connectivity index (χ0v) is 14.9. The molecule has 1 amide bonds. The summed E-state index contributed by atoms with van der Waals surface area (Å²) in [5.41, 5.74) is 1.59. The van der Waals surface area contributed by atoms with Crippen LogP contribution in [0.5, 0.6) is 5.75 Å². The van der Waals surface area contributed by atoms with Crippen LogP contribution in [0.15, 0.2) is 42.5 Å². The molecule has 0 saturated carbocycles. The summed E-state index contributed by atoms with van der Waals surface area (Å²) in [6.45, 7) is 1.35. The molecule has 0 aliphatic carbocycles. The van der Waals surface area contributed by atoms with E-state index in [-0.39, 0.29) is 16.3 Å². The molecule has 4 N–H and O–H groups in total. The Hall–Kier alpha value is -2.57. The number of rotatable bonds is 7. The van der Waals surface area contributed by atoms with Crippen LogP contribution in [0.25, 0.3) is 0 Å². The van der Waals surface area contributed by atoms with Gasteiger partial charge in [0, 0.05) is 0 Å². The quantitative estimate of drug-likeness (QED) is 0.593. The number of aliphatic hydroxyl groups excluding tert-OH is 1. The first kappa shape index (κ1) is 19.8. The fraction of sp³-hybridized carbons (Fsp3) is 0.263. The van der Waals surface area contributed by atoms with E-state index in [9.17, 15) is 19.8 Å². The number of halogens is 1. The van der Waals surface area contributed by atoms with Crippen molar-refractivity contribution in [3.05, 3.63) is 64.2 Å². The van der Waals surface area contributed by atoms with E-state index in [4.69, 9.17) is 16.7 Å². The highest BCUT2D eigenvalue weighted by atomic mass is 35.5. The molecule has 0 heterocycles. The number of phenols is 1. The van der Waals surface area contributed by atoms with Crippen LogP contribution >= 0.6 is 11.6 Å². The number of carboxylic acid groups (broad SMARTS) is 1. The molecule has 138 valence electrons. The number of carbonyl (C=O) groups excluding carboxylic acids is 1. The van der Waals surface area contributed by atoms with Crippen LogP contribution in [-0.2, 0) is 11.2 Å². The van der Waals surface area contributed by atoms with E-state index in [1.54, 1.807) is 24.3 Å². The smallest absolute Gasteiger partial charge is 0.325 e. The van der Waals surface area contributed by atoms with Crippen LogP contribution in [0.1, 0.15) is 40.9 Å². The highest BCUT2D eigenvalue weighted by Crippen LogP contribution is 2.25. The van der Waals surface area contributed by atoms with E-state index in [1.807, 2.05) is 6.07 Å². The standard InChI is InChI=1S/C19H20ClNO5/c1-11(19(25)26)21-18(24)15-7-6-13(10-16(15)20)17(23)8-5-12-3-2-4-14(22)9-12/h2-4,6-7,9-11,17,22-23H,5,8H2,1H3,(H,21,24)(H,25,26)/t11-,17?/m0/s1. The Labute approximate surface area is 156 Å². The third-order valence-electron chi connectivity index (χ3n) is 3.96. The SMILES string of the molecule is C[C@H](NC(=O)c1ccc(C(O)CCc2cccc(O)c2)cc1Cl)C(=O)O. The van der Waals surface area contributed by atoms with Crippen LogP contribution in [0.2, 0.25) is 5.02 Å². The maximum absolute atomic E-state index is 12.1. The van der Waals surface area contributed by atoms with Crippen LogP contribution in [0.3, 0.4) is 0 Å². The predicted molar refractivity (Wildman–Crippen MR) is 97.4 cm³/mol. The summed E-state index contributed by atoms with van der Waals surface area (Å²) in [5, 5.41) is 31.1. The molecule has 26 heavy (non-hydrogen) atoms. The van der Waals surface area contributed by atoms with E-state index < -0.39 is 24.0 Å². The van der Waals surface area contributed by atoms with Crippen molar-refractivity contribution in [1.82, 2.24) is 5.32 Å². The van der Waals surface area contributed by atoms with Crippen LogP contribution in [0.4, 0.5) is 0 Å². The van der Waals surface area contributed by atoms with Gasteiger partial charge in [-0.3, -0.25) is 9.59 Å². The Morgan fingerprint density at radius 3 is 2.54 bits per heavy atom. The maximum Gasteiger partial charge on any atom is 0.325 e. The van der Waals surface area contributed by atoms with E-state index in [2.05, 4.69) is 5.32 Å². The molecule has 6 nitrogen and oxygen atoms in total. The average Bonchev–Trinajstić information content (AvgIpc) is 2.59. The highest BCUT2D eigenvalue weighted by Gasteiger charge is 2.18. The van der Waals surface area contributed by atoms with Gasteiger partial charge in [0.1, 0.15) is 11.8 Å². The van der Waals surface area contributed by atoms with E-state index in [1.165, 1.54) is 19.1 Å². The van der Waals surface area contributed by atoms with Crippen LogP contribution < -0.4 is 5.32 Å². The Bertz CT molecular complexity index is 808. The van der Waals surface area contributed by atoms with Crippen molar-refractivity contribution in [3.8, 4) is 5.75 Å². The monoisotopic (exact) mass is 377 g/mol. The molecule has 2 aromatic carbocycles. The lowest BCUT2D eigenvalue weighted by Crippen LogP contribution is -2.38. The number of benzene rings is 2. The van der Waals surface area contributed by atoms with Crippen molar-refractivity contribution in [3.63, 3.8) is 0 Å². The number of hydrogen-bond donors (Lipinski definition) is 4. The van der Waals surface area contributed by atoms with Crippen molar-refractivity contribution < 1.29 is 24.9 Å². The Morgan fingerprint density at radius 1 is 1.19 bits per heavy atom. The summed E-state index contributed by atoms with van der Waals surface area (Å²) < 4.78 is 0. The van der Waals surface area contributed by atoms with Crippen LogP contribution in [-0.4, -0.2) is 33.2 Å². The summed E-state index contributed by atoms with van der Waals surface area (Å²) in [7, 11) is 0. The lowest BCUT2D eigenvalue weighted by Gasteiger charge is -2.14. The van der Waals surface area contributed by atoms with Crippen molar-refractivity contribution >= 4 is 23.5 Å². The number of hydrogen-bond acceptors (Lipinski definition) is 4. The first-order valence-corrected chi connectivity index (χ1v) is 8.45. The molecule has 2 aromatic rings. The molecule has 0 aromatic heterocycles. The van der Waals surface area contributed by atoms with E-state index in [0.717, 1.165) is 5.56 Å². The number of phenolic OH excluding ortho intramolecular Hbond substituents is 1. The number of aryl methyl sites for hydroxylation is 1. The second-order valence-corrected chi connectivity index (χ2v) is 6.40. The summed E-state index contributed by atoms with van der Waals surface area (Å²) in [4.78, 5) is 22.9. The average molecular weight is 378 g/mol. The minimum Gasteiger partial charge on any atom is -0.508 e. The minimum atomic E-state index is -1.14. The van der Waals surface area contributed by atoms with Gasteiger partial charge in [0.2, 0.25) is 0 Å². The third-order valence-corrected chi connectivity index (χ3v) is 4.27. The number of carbonyl (C=O) groups is 2. The number of aliphatic hydroxyl groups is 1. The molecule has 0 fully saturated rings. The Balaban J connectivity index is 2.03. The fourth-order valence-electron chi connectivity index (χ4n) is 2.44. The van der Waals surface area contributed by atoms with Crippen molar-refractivity contribution in [1.29, 1.82) is 0 Å². The normalized spacial score (nSPS) is 13.0. The highest BCUT2D eigenvalue weighted by molar-refractivity contribution is 6.34. The zero-order chi connectivity index (χ0) is 19.3. The largest absolute Gasteiger partial charge is 0.508 e. The molecule has 0 saturated heterocycles.